The molecule has 0 aliphatic heterocycles. The minimum absolute atomic E-state index is 1.09. The summed E-state index contributed by atoms with van der Waals surface area (Å²) in [5.74, 6) is 0. The van der Waals surface area contributed by atoms with Gasteiger partial charge in [-0.15, -0.1) is 0 Å². The molecule has 0 atom stereocenters. The van der Waals surface area contributed by atoms with E-state index < -0.39 is 0 Å². The fraction of sp³-hybridized carbons (Fsp3) is 0.222. The van der Waals surface area contributed by atoms with Gasteiger partial charge in [-0.1, -0.05) is 128 Å². The fourth-order valence-electron chi connectivity index (χ4n) is 4.73. The van der Waals surface area contributed by atoms with E-state index in [-0.39, 0.29) is 0 Å². The molecule has 4 aromatic rings. The molecule has 0 aromatic heterocycles. The second-order valence-electron chi connectivity index (χ2n) is 9.79. The first-order valence-electron chi connectivity index (χ1n) is 13.6. The van der Waals surface area contributed by atoms with Gasteiger partial charge in [0.1, 0.15) is 0 Å². The molecule has 0 N–H and O–H groups in total. The van der Waals surface area contributed by atoms with E-state index in [9.17, 15) is 0 Å². The van der Waals surface area contributed by atoms with Gasteiger partial charge in [-0.25, -0.2) is 0 Å². The second kappa shape index (κ2) is 12.9. The minimum atomic E-state index is 1.09. The lowest BCUT2D eigenvalue weighted by molar-refractivity contribution is 0.745. The molecule has 37 heavy (non-hydrogen) atoms. The third-order valence-electron chi connectivity index (χ3n) is 6.76. The van der Waals surface area contributed by atoms with Gasteiger partial charge in [0, 0.05) is 18.8 Å². The predicted molar refractivity (Wildman–Crippen MR) is 162 cm³/mol. The monoisotopic (exact) mass is 485 g/mol. The number of rotatable bonds is 10. The van der Waals surface area contributed by atoms with Crippen molar-refractivity contribution in [2.24, 2.45) is 0 Å². The molecule has 0 fully saturated rings. The van der Waals surface area contributed by atoms with E-state index in [4.69, 9.17) is 0 Å². The third kappa shape index (κ3) is 6.89. The first-order valence-corrected chi connectivity index (χ1v) is 13.6. The Kier molecular flexibility index (Phi) is 9.16. The Labute approximate surface area is 223 Å². The molecule has 4 aromatic carbocycles. The zero-order valence-electron chi connectivity index (χ0n) is 22.7. The van der Waals surface area contributed by atoms with Crippen molar-refractivity contribution < 1.29 is 0 Å². The Morgan fingerprint density at radius 3 is 1.30 bits per heavy atom. The van der Waals surface area contributed by atoms with Crippen LogP contribution in [0.5, 0.6) is 0 Å². The number of hydrogen-bond donors (Lipinski definition) is 0. The summed E-state index contributed by atoms with van der Waals surface area (Å²) in [6.07, 6.45) is 6.88. The number of allylic oxidation sites excluding steroid dienone is 2. The molecular formula is C36H39N. The fourth-order valence-corrected chi connectivity index (χ4v) is 4.73. The molecule has 188 valence electrons. The van der Waals surface area contributed by atoms with Crippen molar-refractivity contribution in [3.8, 4) is 0 Å². The summed E-state index contributed by atoms with van der Waals surface area (Å²) in [6.45, 7) is 11.0. The largest absolute Gasteiger partial charge is 0.372 e. The molecule has 0 bridgehead atoms. The van der Waals surface area contributed by atoms with Gasteiger partial charge in [-0.3, -0.25) is 0 Å². The van der Waals surface area contributed by atoms with Crippen LogP contribution in [-0.2, 0) is 0 Å². The van der Waals surface area contributed by atoms with Crippen LogP contribution in [0.25, 0.3) is 11.1 Å². The summed E-state index contributed by atoms with van der Waals surface area (Å²) >= 11 is 0. The molecule has 1 heteroatoms. The van der Waals surface area contributed by atoms with Gasteiger partial charge in [0.15, 0.2) is 0 Å². The zero-order chi connectivity index (χ0) is 26.0. The van der Waals surface area contributed by atoms with Crippen molar-refractivity contribution in [2.45, 2.75) is 40.5 Å². The van der Waals surface area contributed by atoms with Crippen LogP contribution in [0.3, 0.4) is 0 Å². The molecular weight excluding hydrogens is 446 g/mol. The maximum Gasteiger partial charge on any atom is 0.0366 e. The van der Waals surface area contributed by atoms with Crippen molar-refractivity contribution in [3.05, 3.63) is 149 Å². The van der Waals surface area contributed by atoms with E-state index in [0.717, 1.165) is 25.9 Å². The third-order valence-corrected chi connectivity index (χ3v) is 6.76. The number of nitrogens with zero attached hydrogens (tertiary/aromatic N) is 1. The second-order valence-corrected chi connectivity index (χ2v) is 9.79. The van der Waals surface area contributed by atoms with E-state index in [1.165, 1.54) is 50.2 Å². The highest BCUT2D eigenvalue weighted by molar-refractivity contribution is 5.86. The zero-order valence-corrected chi connectivity index (χ0v) is 22.7. The van der Waals surface area contributed by atoms with Crippen molar-refractivity contribution in [1.29, 1.82) is 0 Å². The van der Waals surface area contributed by atoms with E-state index >= 15 is 0 Å². The number of aryl methyl sites for hydroxylation is 2. The van der Waals surface area contributed by atoms with Gasteiger partial charge < -0.3 is 4.90 Å². The lowest BCUT2D eigenvalue weighted by Crippen LogP contribution is -2.24. The summed E-state index contributed by atoms with van der Waals surface area (Å²) in [5, 5.41) is 0. The molecule has 0 heterocycles. The van der Waals surface area contributed by atoms with Crippen LogP contribution >= 0.6 is 0 Å². The van der Waals surface area contributed by atoms with Gasteiger partial charge in [0.2, 0.25) is 0 Å². The summed E-state index contributed by atoms with van der Waals surface area (Å²) in [4.78, 5) is 2.49. The highest BCUT2D eigenvalue weighted by Gasteiger charge is 2.09. The van der Waals surface area contributed by atoms with Crippen molar-refractivity contribution >= 4 is 16.8 Å². The molecule has 4 rings (SSSR count). The lowest BCUT2D eigenvalue weighted by Gasteiger charge is -2.24. The Morgan fingerprint density at radius 1 is 0.514 bits per heavy atom. The van der Waals surface area contributed by atoms with Gasteiger partial charge in [-0.2, -0.15) is 0 Å². The van der Waals surface area contributed by atoms with Crippen LogP contribution < -0.4 is 4.90 Å². The van der Waals surface area contributed by atoms with Crippen LogP contribution in [0.1, 0.15) is 60.1 Å². The lowest BCUT2D eigenvalue weighted by atomic mass is 9.93. The molecule has 0 spiro atoms. The SMILES string of the molecule is CCCN(CCC)c1ccc(/C(=C/C=C(c2ccc(C)cc2)c2ccc(C)cc2)c2ccccc2)cc1. The summed E-state index contributed by atoms with van der Waals surface area (Å²) in [7, 11) is 0. The number of hydrogen-bond acceptors (Lipinski definition) is 1. The molecule has 1 nitrogen and oxygen atoms in total. The molecule has 0 saturated heterocycles. The summed E-state index contributed by atoms with van der Waals surface area (Å²) in [5.41, 5.74) is 11.2. The Hall–Kier alpha value is -3.84. The van der Waals surface area contributed by atoms with Gasteiger partial charge in [0.25, 0.3) is 0 Å². The Balaban J connectivity index is 1.80. The minimum Gasteiger partial charge on any atom is -0.372 e. The molecule has 0 amide bonds. The van der Waals surface area contributed by atoms with Crippen molar-refractivity contribution in [1.82, 2.24) is 0 Å². The average Bonchev–Trinajstić information content (AvgIpc) is 2.93. The standard InChI is InChI=1S/C36H39N/c1-5-26-37(27-6-2)34-22-20-33(21-23-34)35(30-10-8-7-9-11-30)24-25-36(31-16-12-28(3)13-17-31)32-18-14-29(4)15-19-32/h7-25H,5-6,26-27H2,1-4H3/b35-24+. The molecule has 0 unspecified atom stereocenters. The van der Waals surface area contributed by atoms with Crippen LogP contribution in [0.4, 0.5) is 5.69 Å². The summed E-state index contributed by atoms with van der Waals surface area (Å²) in [6, 6.07) is 37.5. The highest BCUT2D eigenvalue weighted by Crippen LogP contribution is 2.29. The van der Waals surface area contributed by atoms with E-state index in [1.54, 1.807) is 0 Å². The van der Waals surface area contributed by atoms with Gasteiger partial charge in [0.05, 0.1) is 0 Å². The smallest absolute Gasteiger partial charge is 0.0366 e. The maximum atomic E-state index is 2.49. The predicted octanol–water partition coefficient (Wildman–Crippen LogP) is 9.49. The average molecular weight is 486 g/mol. The van der Waals surface area contributed by atoms with E-state index in [0.29, 0.717) is 0 Å². The van der Waals surface area contributed by atoms with E-state index in [2.05, 4.69) is 148 Å². The molecule has 0 aliphatic carbocycles. The van der Waals surface area contributed by atoms with Gasteiger partial charge >= 0.3 is 0 Å². The van der Waals surface area contributed by atoms with Crippen LogP contribution in [0.2, 0.25) is 0 Å². The van der Waals surface area contributed by atoms with Crippen molar-refractivity contribution in [2.75, 3.05) is 18.0 Å². The quantitative estimate of drug-likeness (QED) is 0.202. The highest BCUT2D eigenvalue weighted by atomic mass is 15.1. The normalized spacial score (nSPS) is 11.3. The molecule has 0 saturated carbocycles. The van der Waals surface area contributed by atoms with Crippen molar-refractivity contribution in [3.63, 3.8) is 0 Å². The Bertz CT molecular complexity index is 1260. The van der Waals surface area contributed by atoms with Crippen LogP contribution in [-0.4, -0.2) is 13.1 Å². The van der Waals surface area contributed by atoms with Gasteiger partial charge in [-0.05, 0) is 72.2 Å². The molecule has 0 radical (unpaired) electrons. The first kappa shape index (κ1) is 26.2. The topological polar surface area (TPSA) is 3.24 Å². The number of benzene rings is 4. The Morgan fingerprint density at radius 2 is 0.892 bits per heavy atom. The van der Waals surface area contributed by atoms with Crippen LogP contribution in [0.15, 0.2) is 115 Å². The first-order chi connectivity index (χ1) is 18.1. The maximum absolute atomic E-state index is 2.49. The number of anilines is 1. The summed E-state index contributed by atoms with van der Waals surface area (Å²) < 4.78 is 0. The molecule has 0 aliphatic rings. The van der Waals surface area contributed by atoms with Crippen LogP contribution in [0, 0.1) is 13.8 Å². The van der Waals surface area contributed by atoms with E-state index in [1.807, 2.05) is 0 Å².